The fraction of sp³-hybridized carbons (Fsp3) is 0.778. The van der Waals surface area contributed by atoms with Gasteiger partial charge in [0, 0.05) is 0 Å². The molecule has 3 fully saturated rings. The summed E-state index contributed by atoms with van der Waals surface area (Å²) in [6, 6.07) is 0. The second-order valence-electron chi connectivity index (χ2n) is 11.5. The molecule has 0 saturated heterocycles. The largest absolute Gasteiger partial charge is 0.393 e. The zero-order valence-corrected chi connectivity index (χ0v) is 19.4. The molecular formula is C27H43NO. The van der Waals surface area contributed by atoms with Crippen molar-refractivity contribution < 1.29 is 5.11 Å². The quantitative estimate of drug-likeness (QED) is 0.524. The van der Waals surface area contributed by atoms with E-state index in [9.17, 15) is 5.11 Å². The molecule has 0 heterocycles. The van der Waals surface area contributed by atoms with Crippen LogP contribution in [0.15, 0.2) is 35.7 Å². The van der Waals surface area contributed by atoms with Gasteiger partial charge in [-0.15, -0.1) is 0 Å². The smallest absolute Gasteiger partial charge is 0.0577 e. The Kier molecular flexibility index (Phi) is 5.79. The van der Waals surface area contributed by atoms with Crippen LogP contribution in [-0.4, -0.2) is 11.2 Å². The molecule has 0 bridgehead atoms. The molecule has 0 spiro atoms. The molecular weight excluding hydrogens is 354 g/mol. The summed E-state index contributed by atoms with van der Waals surface area (Å²) in [5.74, 6) is 4.04. The van der Waals surface area contributed by atoms with E-state index in [1.165, 1.54) is 44.1 Å². The Morgan fingerprint density at radius 2 is 1.93 bits per heavy atom. The van der Waals surface area contributed by atoms with Crippen molar-refractivity contribution in [2.45, 2.75) is 92.1 Å². The Bertz CT molecular complexity index is 701. The zero-order chi connectivity index (χ0) is 20.8. The number of allylic oxidation sites excluding steroid dienone is 3. The van der Waals surface area contributed by atoms with Crippen LogP contribution in [0.3, 0.4) is 0 Å². The fourth-order valence-electron chi connectivity index (χ4n) is 8.10. The van der Waals surface area contributed by atoms with Crippen molar-refractivity contribution in [3.05, 3.63) is 35.7 Å². The lowest BCUT2D eigenvalue weighted by molar-refractivity contribution is -0.0540. The first kappa shape index (κ1) is 21.2. The molecule has 0 amide bonds. The predicted molar refractivity (Wildman–Crippen MR) is 122 cm³/mol. The molecule has 4 aliphatic rings. The van der Waals surface area contributed by atoms with E-state index in [2.05, 4.69) is 64.5 Å². The van der Waals surface area contributed by atoms with Crippen LogP contribution in [-0.2, 0) is 0 Å². The average molecular weight is 398 g/mol. The van der Waals surface area contributed by atoms with Crippen LogP contribution < -0.4 is 5.32 Å². The molecule has 0 aromatic heterocycles. The molecule has 0 aromatic carbocycles. The molecule has 2 nitrogen and oxygen atoms in total. The molecule has 3 saturated carbocycles. The number of aliphatic hydroxyl groups excluding tert-OH is 1. The molecule has 0 radical (unpaired) electrons. The SMILES string of the molecule is CC(C)=CN/C=C/[C@@H](C)[C@H]1CCC2[C@@H]3CC=C4C[C@@H](O)CC[C@]4(C)[C@H]3CC[C@@]21C. The second kappa shape index (κ2) is 7.91. The van der Waals surface area contributed by atoms with E-state index < -0.39 is 0 Å². The van der Waals surface area contributed by atoms with Crippen LogP contribution in [0.1, 0.15) is 86.0 Å². The summed E-state index contributed by atoms with van der Waals surface area (Å²) in [6.45, 7) is 11.9. The molecule has 2 heteroatoms. The van der Waals surface area contributed by atoms with Gasteiger partial charge in [-0.2, -0.15) is 0 Å². The summed E-state index contributed by atoms with van der Waals surface area (Å²) < 4.78 is 0. The van der Waals surface area contributed by atoms with Crippen LogP contribution in [0.4, 0.5) is 0 Å². The van der Waals surface area contributed by atoms with E-state index in [0.29, 0.717) is 16.7 Å². The first-order valence-corrected chi connectivity index (χ1v) is 12.2. The summed E-state index contributed by atoms with van der Waals surface area (Å²) in [5, 5.41) is 13.5. The lowest BCUT2D eigenvalue weighted by atomic mass is 9.47. The van der Waals surface area contributed by atoms with E-state index in [-0.39, 0.29) is 6.10 Å². The van der Waals surface area contributed by atoms with Gasteiger partial charge >= 0.3 is 0 Å². The maximum absolute atomic E-state index is 10.2. The van der Waals surface area contributed by atoms with Crippen LogP contribution in [0.2, 0.25) is 0 Å². The Hall–Kier alpha value is -1.02. The maximum Gasteiger partial charge on any atom is 0.0577 e. The minimum atomic E-state index is -0.0943. The van der Waals surface area contributed by atoms with Gasteiger partial charge in [-0.3, -0.25) is 0 Å². The Balaban J connectivity index is 1.51. The third-order valence-corrected chi connectivity index (χ3v) is 9.65. The maximum atomic E-state index is 10.2. The number of fused-ring (bicyclic) bond motifs is 5. The zero-order valence-electron chi connectivity index (χ0n) is 19.4. The highest BCUT2D eigenvalue weighted by Gasteiger charge is 2.58. The van der Waals surface area contributed by atoms with E-state index in [4.69, 9.17) is 0 Å². The lowest BCUT2D eigenvalue weighted by Gasteiger charge is -2.58. The number of aliphatic hydroxyl groups is 1. The van der Waals surface area contributed by atoms with Crippen LogP contribution in [0.5, 0.6) is 0 Å². The standard InChI is InChI=1S/C27H43NO/c1-18(2)17-28-15-12-19(3)23-8-9-24-22-7-6-20-16-21(29)10-13-26(20,4)25(22)11-14-27(23,24)5/h6,12,15,17,19,21-25,28-29H,7-11,13-14,16H2,1-5H3/b15-12+/t19-,21+,22+,23-,24?,25+,26+,27-/m1/s1. The molecule has 4 rings (SSSR count). The van der Waals surface area contributed by atoms with Crippen molar-refractivity contribution in [1.82, 2.24) is 5.32 Å². The highest BCUT2D eigenvalue weighted by Crippen LogP contribution is 2.67. The van der Waals surface area contributed by atoms with Crippen LogP contribution >= 0.6 is 0 Å². The molecule has 8 atom stereocenters. The monoisotopic (exact) mass is 397 g/mol. The second-order valence-corrected chi connectivity index (χ2v) is 11.5. The fourth-order valence-corrected chi connectivity index (χ4v) is 8.10. The van der Waals surface area contributed by atoms with E-state index in [0.717, 1.165) is 36.5 Å². The van der Waals surface area contributed by atoms with Gasteiger partial charge in [-0.25, -0.2) is 0 Å². The first-order chi connectivity index (χ1) is 13.8. The topological polar surface area (TPSA) is 32.3 Å². The van der Waals surface area contributed by atoms with Crippen LogP contribution in [0.25, 0.3) is 0 Å². The van der Waals surface area contributed by atoms with Gasteiger partial charge in [0.1, 0.15) is 0 Å². The predicted octanol–water partition coefficient (Wildman–Crippen LogP) is 6.59. The molecule has 0 aromatic rings. The number of hydrogen-bond acceptors (Lipinski definition) is 2. The van der Waals surface area contributed by atoms with Gasteiger partial charge in [0.25, 0.3) is 0 Å². The summed E-state index contributed by atoms with van der Waals surface area (Å²) in [6.07, 6.45) is 19.1. The molecule has 0 aliphatic heterocycles. The summed E-state index contributed by atoms with van der Waals surface area (Å²) >= 11 is 0. The number of rotatable bonds is 4. The van der Waals surface area contributed by atoms with Crippen molar-refractivity contribution in [3.8, 4) is 0 Å². The highest BCUT2D eigenvalue weighted by atomic mass is 16.3. The summed E-state index contributed by atoms with van der Waals surface area (Å²) in [4.78, 5) is 0. The average Bonchev–Trinajstić information content (AvgIpc) is 3.03. The van der Waals surface area contributed by atoms with Gasteiger partial charge in [-0.1, -0.05) is 44.1 Å². The third kappa shape index (κ3) is 3.64. The molecule has 2 N–H and O–H groups in total. The van der Waals surface area contributed by atoms with Crippen molar-refractivity contribution in [1.29, 1.82) is 0 Å². The van der Waals surface area contributed by atoms with Gasteiger partial charge in [-0.05, 0) is 118 Å². The van der Waals surface area contributed by atoms with E-state index >= 15 is 0 Å². The number of hydrogen-bond donors (Lipinski definition) is 2. The Morgan fingerprint density at radius 1 is 1.14 bits per heavy atom. The van der Waals surface area contributed by atoms with E-state index in [1.54, 1.807) is 5.57 Å². The third-order valence-electron chi connectivity index (χ3n) is 9.65. The van der Waals surface area contributed by atoms with Crippen molar-refractivity contribution in [2.75, 3.05) is 0 Å². The molecule has 29 heavy (non-hydrogen) atoms. The molecule has 1 unspecified atom stereocenters. The van der Waals surface area contributed by atoms with Crippen molar-refractivity contribution in [2.24, 2.45) is 40.4 Å². The van der Waals surface area contributed by atoms with Gasteiger partial charge < -0.3 is 10.4 Å². The van der Waals surface area contributed by atoms with Gasteiger partial charge in [0.2, 0.25) is 0 Å². The Labute approximate surface area is 178 Å². The minimum absolute atomic E-state index is 0.0943. The van der Waals surface area contributed by atoms with E-state index in [1.807, 2.05) is 0 Å². The molecule has 162 valence electrons. The van der Waals surface area contributed by atoms with Gasteiger partial charge in [0.15, 0.2) is 0 Å². The van der Waals surface area contributed by atoms with Gasteiger partial charge in [0.05, 0.1) is 6.10 Å². The summed E-state index contributed by atoms with van der Waals surface area (Å²) in [5.41, 5.74) is 3.76. The highest BCUT2D eigenvalue weighted by molar-refractivity contribution is 5.25. The summed E-state index contributed by atoms with van der Waals surface area (Å²) in [7, 11) is 0. The van der Waals surface area contributed by atoms with Crippen molar-refractivity contribution in [3.63, 3.8) is 0 Å². The molecule has 4 aliphatic carbocycles. The Morgan fingerprint density at radius 3 is 2.69 bits per heavy atom. The van der Waals surface area contributed by atoms with Crippen LogP contribution in [0, 0.1) is 40.4 Å². The minimum Gasteiger partial charge on any atom is -0.393 e. The lowest BCUT2D eigenvalue weighted by Crippen LogP contribution is -2.50. The normalized spacial score (nSPS) is 45.0. The number of nitrogens with one attached hydrogen (secondary N) is 1. The van der Waals surface area contributed by atoms with Crippen molar-refractivity contribution >= 4 is 0 Å². The first-order valence-electron chi connectivity index (χ1n) is 12.2.